The van der Waals surface area contributed by atoms with E-state index in [9.17, 15) is 0 Å². The van der Waals surface area contributed by atoms with E-state index in [4.69, 9.17) is 0 Å². The normalized spacial score (nSPS) is 12.7. The molecule has 0 aliphatic heterocycles. The second-order valence-electron chi connectivity index (χ2n) is 16.0. The number of anilines is 3. The van der Waals surface area contributed by atoms with Crippen LogP contribution in [0.2, 0.25) is 0 Å². The fourth-order valence-electron chi connectivity index (χ4n) is 10.4. The van der Waals surface area contributed by atoms with E-state index in [1.807, 2.05) is 0 Å². The van der Waals surface area contributed by atoms with Crippen molar-refractivity contribution in [2.24, 2.45) is 0 Å². The van der Waals surface area contributed by atoms with Gasteiger partial charge in [-0.3, -0.25) is 0 Å². The van der Waals surface area contributed by atoms with E-state index in [0.29, 0.717) is 0 Å². The summed E-state index contributed by atoms with van der Waals surface area (Å²) in [5, 5.41) is 4.89. The van der Waals surface area contributed by atoms with Crippen molar-refractivity contribution in [1.29, 1.82) is 0 Å². The van der Waals surface area contributed by atoms with E-state index < -0.39 is 5.41 Å². The molecule has 0 fully saturated rings. The molecule has 61 heavy (non-hydrogen) atoms. The van der Waals surface area contributed by atoms with Crippen molar-refractivity contribution in [3.8, 4) is 27.9 Å². The Morgan fingerprint density at radius 2 is 0.918 bits per heavy atom. The van der Waals surface area contributed by atoms with E-state index in [1.54, 1.807) is 0 Å². The van der Waals surface area contributed by atoms with Crippen LogP contribution in [0.4, 0.5) is 17.1 Å². The Kier molecular flexibility index (Phi) is 8.11. The highest BCUT2D eigenvalue weighted by Crippen LogP contribution is 2.60. The number of rotatable bonds is 7. The molecule has 0 bridgehead atoms. The quantitative estimate of drug-likeness (QED) is 0.156. The molecule has 11 aromatic rings. The summed E-state index contributed by atoms with van der Waals surface area (Å²) in [5.74, 6) is 0. The molecule has 1 aliphatic rings. The van der Waals surface area contributed by atoms with Gasteiger partial charge in [0.05, 0.1) is 27.8 Å². The van der Waals surface area contributed by atoms with Gasteiger partial charge in [-0.15, -0.1) is 0 Å². The summed E-state index contributed by atoms with van der Waals surface area (Å²) in [6.45, 7) is 0. The van der Waals surface area contributed by atoms with E-state index in [-0.39, 0.29) is 0 Å². The third kappa shape index (κ3) is 5.22. The van der Waals surface area contributed by atoms with Crippen LogP contribution >= 0.6 is 0 Å². The van der Waals surface area contributed by atoms with E-state index >= 15 is 0 Å². The minimum Gasteiger partial charge on any atom is -0.308 e. The van der Waals surface area contributed by atoms with Crippen LogP contribution in [0.15, 0.2) is 243 Å². The number of para-hydroxylation sites is 3. The Balaban J connectivity index is 1.25. The lowest BCUT2D eigenvalue weighted by Gasteiger charge is -2.34. The number of aromatic nitrogens is 1. The van der Waals surface area contributed by atoms with Gasteiger partial charge >= 0.3 is 0 Å². The molecule has 0 unspecified atom stereocenters. The van der Waals surface area contributed by atoms with Gasteiger partial charge in [-0.2, -0.15) is 0 Å². The summed E-state index contributed by atoms with van der Waals surface area (Å²) in [6.07, 6.45) is 0. The molecular formula is C59H40N2. The summed E-state index contributed by atoms with van der Waals surface area (Å²) in [4.78, 5) is 2.52. The van der Waals surface area contributed by atoms with Gasteiger partial charge in [-0.25, -0.2) is 0 Å². The standard InChI is InChI=1S/C59H40N2/c1-6-22-41(23-7-1)50-40-42-24-16-17-33-47(42)58-55(50)49-35-20-39-54(57(49)61(58)46-31-14-5-15-32-46)60(45-29-12-4-13-30-45)53-38-21-37-52-56(53)48-34-18-19-36-51(48)59(52,43-25-8-2-9-26-43)44-27-10-3-11-28-44/h1-40H. The lowest BCUT2D eigenvalue weighted by molar-refractivity contribution is 0.768. The molecule has 0 saturated carbocycles. The van der Waals surface area contributed by atoms with Gasteiger partial charge < -0.3 is 9.47 Å². The fraction of sp³-hybridized carbons (Fsp3) is 0.0169. The van der Waals surface area contributed by atoms with Crippen LogP contribution in [0.5, 0.6) is 0 Å². The lowest BCUT2D eigenvalue weighted by Crippen LogP contribution is -2.28. The molecule has 2 nitrogen and oxygen atoms in total. The number of benzene rings is 10. The molecule has 0 N–H and O–H groups in total. The Hall–Kier alpha value is -7.94. The van der Waals surface area contributed by atoms with Gasteiger partial charge in [0.1, 0.15) is 0 Å². The maximum atomic E-state index is 2.53. The molecule has 0 radical (unpaired) electrons. The highest BCUT2D eigenvalue weighted by atomic mass is 15.2. The minimum absolute atomic E-state index is 0.527. The third-order valence-electron chi connectivity index (χ3n) is 12.8. The van der Waals surface area contributed by atoms with Crippen LogP contribution in [-0.4, -0.2) is 4.57 Å². The summed E-state index contributed by atoms with van der Waals surface area (Å²) >= 11 is 0. The minimum atomic E-state index is -0.527. The first-order valence-corrected chi connectivity index (χ1v) is 21.1. The van der Waals surface area contributed by atoms with Gasteiger partial charge in [-0.05, 0) is 86.8 Å². The maximum Gasteiger partial charge on any atom is 0.0782 e. The Labute approximate surface area is 355 Å². The molecule has 10 aromatic carbocycles. The number of nitrogens with zero attached hydrogens (tertiary/aromatic N) is 2. The van der Waals surface area contributed by atoms with E-state index in [1.165, 1.54) is 71.6 Å². The topological polar surface area (TPSA) is 8.17 Å². The molecule has 0 atom stereocenters. The van der Waals surface area contributed by atoms with Crippen LogP contribution in [0, 0.1) is 0 Å². The largest absolute Gasteiger partial charge is 0.308 e. The predicted octanol–water partition coefficient (Wildman–Crippen LogP) is 15.4. The summed E-state index contributed by atoms with van der Waals surface area (Å²) in [6, 6.07) is 89.0. The average molecular weight is 777 g/mol. The van der Waals surface area contributed by atoms with Crippen LogP contribution < -0.4 is 4.90 Å². The molecule has 286 valence electrons. The Morgan fingerprint density at radius 1 is 0.377 bits per heavy atom. The SMILES string of the molecule is c1ccc(-c2cc3ccccc3c3c2c2cccc(N(c4ccccc4)c4cccc5c4-c4ccccc4C5(c4ccccc4)c4ccccc4)c2n3-c2ccccc2)cc1. The van der Waals surface area contributed by atoms with Gasteiger partial charge in [-0.1, -0.05) is 200 Å². The highest BCUT2D eigenvalue weighted by molar-refractivity contribution is 6.26. The molecule has 1 aliphatic carbocycles. The second-order valence-corrected chi connectivity index (χ2v) is 16.0. The average Bonchev–Trinajstić information content (AvgIpc) is 3.86. The van der Waals surface area contributed by atoms with Crippen molar-refractivity contribution in [1.82, 2.24) is 4.57 Å². The van der Waals surface area contributed by atoms with Crippen LogP contribution in [-0.2, 0) is 5.41 Å². The first-order valence-electron chi connectivity index (χ1n) is 21.1. The monoisotopic (exact) mass is 776 g/mol. The summed E-state index contributed by atoms with van der Waals surface area (Å²) < 4.78 is 2.53. The first kappa shape index (κ1) is 35.0. The van der Waals surface area contributed by atoms with Crippen molar-refractivity contribution < 1.29 is 0 Å². The second kappa shape index (κ2) is 14.1. The van der Waals surface area contributed by atoms with Gasteiger partial charge in [0.25, 0.3) is 0 Å². The van der Waals surface area contributed by atoms with Crippen LogP contribution in [0.1, 0.15) is 22.3 Å². The summed E-state index contributed by atoms with van der Waals surface area (Å²) in [5.41, 5.74) is 16.3. The van der Waals surface area contributed by atoms with Gasteiger partial charge in [0.15, 0.2) is 0 Å². The zero-order chi connectivity index (χ0) is 40.3. The molecule has 1 heterocycles. The smallest absolute Gasteiger partial charge is 0.0782 e. The van der Waals surface area contributed by atoms with E-state index in [0.717, 1.165) is 28.3 Å². The zero-order valence-corrected chi connectivity index (χ0v) is 33.5. The van der Waals surface area contributed by atoms with Gasteiger partial charge in [0.2, 0.25) is 0 Å². The van der Waals surface area contributed by atoms with Crippen LogP contribution in [0.25, 0.3) is 60.5 Å². The van der Waals surface area contributed by atoms with Crippen molar-refractivity contribution in [2.75, 3.05) is 4.90 Å². The van der Waals surface area contributed by atoms with Gasteiger partial charge in [0, 0.05) is 33.1 Å². The first-order chi connectivity index (χ1) is 30.3. The Morgan fingerprint density at radius 3 is 1.64 bits per heavy atom. The fourth-order valence-corrected chi connectivity index (χ4v) is 10.4. The zero-order valence-electron chi connectivity index (χ0n) is 33.5. The number of hydrogen-bond donors (Lipinski definition) is 0. The number of fused-ring (bicyclic) bond motifs is 8. The van der Waals surface area contributed by atoms with Crippen molar-refractivity contribution >= 4 is 49.6 Å². The molecule has 0 saturated heterocycles. The molecule has 1 aromatic heterocycles. The predicted molar refractivity (Wildman–Crippen MR) is 256 cm³/mol. The van der Waals surface area contributed by atoms with E-state index in [2.05, 4.69) is 252 Å². The van der Waals surface area contributed by atoms with Crippen molar-refractivity contribution in [3.05, 3.63) is 265 Å². The third-order valence-corrected chi connectivity index (χ3v) is 12.8. The lowest BCUT2D eigenvalue weighted by atomic mass is 9.68. The molecule has 0 amide bonds. The van der Waals surface area contributed by atoms with Crippen molar-refractivity contribution in [3.63, 3.8) is 0 Å². The molecular weight excluding hydrogens is 737 g/mol. The van der Waals surface area contributed by atoms with Crippen LogP contribution in [0.3, 0.4) is 0 Å². The molecule has 12 rings (SSSR count). The Bertz CT molecular complexity index is 3350. The summed E-state index contributed by atoms with van der Waals surface area (Å²) in [7, 11) is 0. The highest BCUT2D eigenvalue weighted by Gasteiger charge is 2.47. The number of hydrogen-bond acceptors (Lipinski definition) is 1. The van der Waals surface area contributed by atoms with Crippen molar-refractivity contribution in [2.45, 2.75) is 5.41 Å². The molecule has 2 heteroatoms. The maximum absolute atomic E-state index is 2.53. The molecule has 0 spiro atoms.